The summed E-state index contributed by atoms with van der Waals surface area (Å²) in [6.45, 7) is 4.36. The Morgan fingerprint density at radius 3 is 2.57 bits per heavy atom. The van der Waals surface area contributed by atoms with Gasteiger partial charge in [0.15, 0.2) is 11.0 Å². The van der Waals surface area contributed by atoms with Crippen LogP contribution >= 0.6 is 23.4 Å². The molecule has 0 spiro atoms. The van der Waals surface area contributed by atoms with Gasteiger partial charge in [0.1, 0.15) is 0 Å². The second-order valence-electron chi connectivity index (χ2n) is 6.61. The number of carbonyl (C=O) groups is 1. The maximum absolute atomic E-state index is 12.3. The number of nitrogens with zero attached hydrogens (tertiary/aromatic N) is 3. The van der Waals surface area contributed by atoms with Gasteiger partial charge in [-0.15, -0.1) is 10.2 Å². The number of thioether (sulfide) groups is 1. The number of benzene rings is 2. The first kappa shape index (κ1) is 20.4. The molecular weight excluding hydrogens is 392 g/mol. The molecule has 0 aliphatic heterocycles. The average molecular weight is 415 g/mol. The highest BCUT2D eigenvalue weighted by atomic mass is 35.5. The molecule has 1 aromatic heterocycles. The molecule has 3 rings (SSSR count). The molecule has 28 heavy (non-hydrogen) atoms. The Hall–Kier alpha value is -2.31. The Kier molecular flexibility index (Phi) is 6.75. The predicted octanol–water partition coefficient (Wildman–Crippen LogP) is 5.38. The third-order valence-electron chi connectivity index (χ3n) is 4.66. The third-order valence-corrected chi connectivity index (χ3v) is 6.01. The fourth-order valence-electron chi connectivity index (χ4n) is 2.78. The van der Waals surface area contributed by atoms with E-state index in [1.54, 1.807) is 0 Å². The quantitative estimate of drug-likeness (QED) is 0.527. The Morgan fingerprint density at radius 2 is 1.89 bits per heavy atom. The van der Waals surface area contributed by atoms with Gasteiger partial charge in [-0.05, 0) is 42.2 Å². The first-order valence-electron chi connectivity index (χ1n) is 9.16. The summed E-state index contributed by atoms with van der Waals surface area (Å²) in [6.07, 6.45) is 1.09. The van der Waals surface area contributed by atoms with E-state index in [1.807, 2.05) is 48.0 Å². The SMILES string of the molecule is CC[C@H](C)c1ccc(NC(=O)CSc2nnc(-c3ccccc3Cl)n2C)cc1. The highest BCUT2D eigenvalue weighted by molar-refractivity contribution is 7.99. The van der Waals surface area contributed by atoms with E-state index in [9.17, 15) is 4.79 Å². The second-order valence-corrected chi connectivity index (χ2v) is 7.96. The van der Waals surface area contributed by atoms with Gasteiger partial charge >= 0.3 is 0 Å². The molecule has 0 saturated heterocycles. The zero-order chi connectivity index (χ0) is 20.1. The van der Waals surface area contributed by atoms with Crippen LogP contribution in [-0.4, -0.2) is 26.4 Å². The molecule has 0 fully saturated rings. The summed E-state index contributed by atoms with van der Waals surface area (Å²) in [7, 11) is 1.87. The normalized spacial score (nSPS) is 12.0. The summed E-state index contributed by atoms with van der Waals surface area (Å²) in [6, 6.07) is 15.5. The Balaban J connectivity index is 1.60. The molecule has 5 nitrogen and oxygen atoms in total. The van der Waals surface area contributed by atoms with Gasteiger partial charge in [-0.1, -0.05) is 61.5 Å². The van der Waals surface area contributed by atoms with Gasteiger partial charge in [0.05, 0.1) is 10.8 Å². The Bertz CT molecular complexity index is 955. The largest absolute Gasteiger partial charge is 0.325 e. The molecule has 0 radical (unpaired) electrons. The Labute approximate surface area is 174 Å². The predicted molar refractivity (Wildman–Crippen MR) is 116 cm³/mol. The highest BCUT2D eigenvalue weighted by Crippen LogP contribution is 2.28. The molecule has 1 N–H and O–H groups in total. The number of nitrogens with one attached hydrogen (secondary N) is 1. The molecule has 0 unspecified atom stereocenters. The van der Waals surface area contributed by atoms with Crippen molar-refractivity contribution in [3.05, 3.63) is 59.1 Å². The summed E-state index contributed by atoms with van der Waals surface area (Å²) < 4.78 is 1.85. The van der Waals surface area contributed by atoms with Crippen molar-refractivity contribution >= 4 is 35.0 Å². The molecule has 1 heterocycles. The van der Waals surface area contributed by atoms with Crippen LogP contribution in [0.15, 0.2) is 53.7 Å². The molecule has 7 heteroatoms. The van der Waals surface area contributed by atoms with Gasteiger partial charge in [0.2, 0.25) is 5.91 Å². The van der Waals surface area contributed by atoms with Gasteiger partial charge in [-0.3, -0.25) is 4.79 Å². The summed E-state index contributed by atoms with van der Waals surface area (Å²) in [5, 5.41) is 12.6. The Morgan fingerprint density at radius 1 is 1.18 bits per heavy atom. The molecule has 3 aromatic rings. The van der Waals surface area contributed by atoms with Crippen LogP contribution in [0.1, 0.15) is 31.7 Å². The van der Waals surface area contributed by atoms with Gasteiger partial charge in [0, 0.05) is 18.3 Å². The lowest BCUT2D eigenvalue weighted by Crippen LogP contribution is -2.14. The summed E-state index contributed by atoms with van der Waals surface area (Å²) in [5.74, 6) is 1.36. The number of hydrogen-bond acceptors (Lipinski definition) is 4. The van der Waals surface area contributed by atoms with E-state index in [0.29, 0.717) is 21.9 Å². The van der Waals surface area contributed by atoms with Crippen molar-refractivity contribution in [2.75, 3.05) is 11.1 Å². The van der Waals surface area contributed by atoms with Gasteiger partial charge in [-0.2, -0.15) is 0 Å². The van der Waals surface area contributed by atoms with Crippen molar-refractivity contribution in [2.24, 2.45) is 7.05 Å². The van der Waals surface area contributed by atoms with E-state index >= 15 is 0 Å². The van der Waals surface area contributed by atoms with Crippen LogP contribution in [0.5, 0.6) is 0 Å². The molecule has 146 valence electrons. The lowest BCUT2D eigenvalue weighted by atomic mass is 9.99. The monoisotopic (exact) mass is 414 g/mol. The van der Waals surface area contributed by atoms with Crippen LogP contribution in [0.25, 0.3) is 11.4 Å². The van der Waals surface area contributed by atoms with E-state index in [1.165, 1.54) is 17.3 Å². The van der Waals surface area contributed by atoms with Crippen molar-refractivity contribution in [1.82, 2.24) is 14.8 Å². The van der Waals surface area contributed by atoms with Crippen LogP contribution in [-0.2, 0) is 11.8 Å². The number of rotatable bonds is 7. The van der Waals surface area contributed by atoms with Gasteiger partial charge in [-0.25, -0.2) is 0 Å². The number of hydrogen-bond donors (Lipinski definition) is 1. The van der Waals surface area contributed by atoms with Crippen molar-refractivity contribution in [3.63, 3.8) is 0 Å². The van der Waals surface area contributed by atoms with Crippen LogP contribution in [0.3, 0.4) is 0 Å². The van der Waals surface area contributed by atoms with Crippen LogP contribution in [0.4, 0.5) is 5.69 Å². The number of aromatic nitrogens is 3. The van der Waals surface area contributed by atoms with E-state index in [4.69, 9.17) is 11.6 Å². The van der Waals surface area contributed by atoms with Crippen molar-refractivity contribution in [2.45, 2.75) is 31.3 Å². The van der Waals surface area contributed by atoms with Gasteiger partial charge in [0.25, 0.3) is 0 Å². The zero-order valence-corrected chi connectivity index (χ0v) is 17.7. The number of amides is 1. The smallest absolute Gasteiger partial charge is 0.234 e. The number of anilines is 1. The lowest BCUT2D eigenvalue weighted by molar-refractivity contribution is -0.113. The first-order chi connectivity index (χ1) is 13.5. The highest BCUT2D eigenvalue weighted by Gasteiger charge is 2.15. The third kappa shape index (κ3) is 4.75. The van der Waals surface area contributed by atoms with Crippen molar-refractivity contribution in [1.29, 1.82) is 0 Å². The fraction of sp³-hybridized carbons (Fsp3) is 0.286. The van der Waals surface area contributed by atoms with Gasteiger partial charge < -0.3 is 9.88 Å². The molecule has 1 amide bonds. The van der Waals surface area contributed by atoms with E-state index < -0.39 is 0 Å². The zero-order valence-electron chi connectivity index (χ0n) is 16.1. The van der Waals surface area contributed by atoms with Crippen LogP contribution < -0.4 is 5.32 Å². The first-order valence-corrected chi connectivity index (χ1v) is 10.5. The second kappa shape index (κ2) is 9.26. The standard InChI is InChI=1S/C21H23ClN4OS/c1-4-14(2)15-9-11-16(12-10-15)23-19(27)13-28-21-25-24-20(26(21)3)17-7-5-6-8-18(17)22/h5-12,14H,4,13H2,1-3H3,(H,23,27)/t14-/m0/s1. The van der Waals surface area contributed by atoms with E-state index in [2.05, 4.69) is 41.5 Å². The summed E-state index contributed by atoms with van der Waals surface area (Å²) in [4.78, 5) is 12.3. The molecule has 0 bridgehead atoms. The molecule has 0 aliphatic carbocycles. The summed E-state index contributed by atoms with van der Waals surface area (Å²) >= 11 is 7.59. The maximum Gasteiger partial charge on any atom is 0.234 e. The number of carbonyl (C=O) groups excluding carboxylic acids is 1. The molecule has 2 aromatic carbocycles. The van der Waals surface area contributed by atoms with Crippen molar-refractivity contribution < 1.29 is 4.79 Å². The van der Waals surface area contributed by atoms with E-state index in [0.717, 1.165) is 17.7 Å². The lowest BCUT2D eigenvalue weighted by Gasteiger charge is -2.10. The van der Waals surface area contributed by atoms with Crippen molar-refractivity contribution in [3.8, 4) is 11.4 Å². The van der Waals surface area contributed by atoms with Crippen LogP contribution in [0, 0.1) is 0 Å². The van der Waals surface area contributed by atoms with Crippen LogP contribution in [0.2, 0.25) is 5.02 Å². The fourth-order valence-corrected chi connectivity index (χ4v) is 3.71. The molecule has 0 aliphatic rings. The number of halogens is 1. The average Bonchev–Trinajstić information content (AvgIpc) is 3.07. The molecule has 0 saturated carbocycles. The van der Waals surface area contributed by atoms with E-state index in [-0.39, 0.29) is 11.7 Å². The molecule has 1 atom stereocenters. The summed E-state index contributed by atoms with van der Waals surface area (Å²) in [5.41, 5.74) is 2.89. The minimum Gasteiger partial charge on any atom is -0.325 e. The topological polar surface area (TPSA) is 59.8 Å². The maximum atomic E-state index is 12.3. The minimum absolute atomic E-state index is 0.0800. The molecular formula is C21H23ClN4OS. The minimum atomic E-state index is -0.0800.